The molecule has 0 N–H and O–H groups in total. The molecule has 0 bridgehead atoms. The monoisotopic (exact) mass is 277 g/mol. The van der Waals surface area contributed by atoms with Crippen LogP contribution in [0.5, 0.6) is 0 Å². The Kier molecular flexibility index (Phi) is 3.70. The molecule has 2 aromatic carbocycles. The minimum absolute atomic E-state index is 1.08. The van der Waals surface area contributed by atoms with Gasteiger partial charge in [0.05, 0.1) is 12.4 Å². The molecule has 0 aliphatic rings. The molecule has 1 aromatic heterocycles. The Morgan fingerprint density at radius 2 is 1.90 bits per heavy atom. The number of nitrogens with zero attached hydrogens (tertiary/aromatic N) is 2. The molecular weight excluding hydrogens is 256 g/mol. The van der Waals surface area contributed by atoms with E-state index in [0.717, 1.165) is 18.4 Å². The minimum atomic E-state index is 1.08. The molecule has 0 saturated carbocycles. The van der Waals surface area contributed by atoms with Crippen LogP contribution in [0.15, 0.2) is 48.8 Å². The van der Waals surface area contributed by atoms with Gasteiger partial charge in [0.25, 0.3) is 6.33 Å². The maximum atomic E-state index is 4.60. The molecule has 0 saturated heterocycles. The predicted molar refractivity (Wildman–Crippen MR) is 87.1 cm³/mol. The highest BCUT2D eigenvalue weighted by molar-refractivity contribution is 5.91. The van der Waals surface area contributed by atoms with Crippen molar-refractivity contribution in [3.8, 4) is 11.3 Å². The number of aromatic nitrogens is 2. The van der Waals surface area contributed by atoms with Crippen molar-refractivity contribution in [2.45, 2.75) is 26.7 Å². The van der Waals surface area contributed by atoms with Gasteiger partial charge in [-0.2, -0.15) is 0 Å². The van der Waals surface area contributed by atoms with Crippen LogP contribution in [0.4, 0.5) is 0 Å². The van der Waals surface area contributed by atoms with Gasteiger partial charge in [0.1, 0.15) is 5.69 Å². The second kappa shape index (κ2) is 5.65. The molecule has 0 radical (unpaired) electrons. The van der Waals surface area contributed by atoms with Crippen LogP contribution < -0.4 is 4.57 Å². The molecule has 1 heterocycles. The molecule has 0 amide bonds. The summed E-state index contributed by atoms with van der Waals surface area (Å²) in [5, 5.41) is 1.22. The topological polar surface area (TPSA) is 16.8 Å². The van der Waals surface area contributed by atoms with Crippen LogP contribution in [0.25, 0.3) is 22.2 Å². The molecule has 0 aliphatic carbocycles. The lowest BCUT2D eigenvalue weighted by atomic mass is 10.00. The molecular formula is C19H21N2+. The summed E-state index contributed by atoms with van der Waals surface area (Å²) in [6.07, 6.45) is 4.19. The number of aryl methyl sites for hydroxylation is 3. The summed E-state index contributed by atoms with van der Waals surface area (Å²) in [7, 11) is 2.06. The zero-order chi connectivity index (χ0) is 14.8. The third-order valence-electron chi connectivity index (χ3n) is 3.98. The lowest BCUT2D eigenvalue weighted by Gasteiger charge is -2.09. The van der Waals surface area contributed by atoms with Crippen LogP contribution in [-0.4, -0.2) is 4.98 Å². The summed E-state index contributed by atoms with van der Waals surface area (Å²) in [6.45, 7) is 4.37. The Morgan fingerprint density at radius 1 is 1.10 bits per heavy atom. The van der Waals surface area contributed by atoms with Gasteiger partial charge < -0.3 is 0 Å². The first kappa shape index (κ1) is 13.7. The van der Waals surface area contributed by atoms with Crippen molar-refractivity contribution in [3.63, 3.8) is 0 Å². The molecule has 21 heavy (non-hydrogen) atoms. The molecule has 3 rings (SSSR count). The average molecular weight is 277 g/mol. The number of rotatable bonds is 3. The summed E-state index contributed by atoms with van der Waals surface area (Å²) in [6, 6.07) is 15.2. The van der Waals surface area contributed by atoms with Crippen LogP contribution in [0.3, 0.4) is 0 Å². The summed E-state index contributed by atoms with van der Waals surface area (Å²) in [4.78, 5) is 4.60. The van der Waals surface area contributed by atoms with E-state index in [4.69, 9.17) is 0 Å². The molecule has 2 heteroatoms. The molecule has 0 unspecified atom stereocenters. The van der Waals surface area contributed by atoms with E-state index in [-0.39, 0.29) is 0 Å². The average Bonchev–Trinajstić information content (AvgIpc) is 2.49. The summed E-state index contributed by atoms with van der Waals surface area (Å²) < 4.78 is 2.12. The van der Waals surface area contributed by atoms with Crippen LogP contribution >= 0.6 is 0 Å². The molecule has 0 spiro atoms. The highest BCUT2D eigenvalue weighted by Crippen LogP contribution is 2.27. The highest BCUT2D eigenvalue weighted by Gasteiger charge is 2.16. The van der Waals surface area contributed by atoms with Crippen molar-refractivity contribution in [1.82, 2.24) is 4.98 Å². The number of fused-ring (bicyclic) bond motifs is 1. The second-order valence-corrected chi connectivity index (χ2v) is 5.62. The van der Waals surface area contributed by atoms with Gasteiger partial charge in [-0.05, 0) is 41.6 Å². The van der Waals surface area contributed by atoms with Crippen LogP contribution in [0, 0.1) is 6.92 Å². The van der Waals surface area contributed by atoms with E-state index in [2.05, 4.69) is 72.9 Å². The van der Waals surface area contributed by atoms with Crippen molar-refractivity contribution in [3.05, 3.63) is 59.9 Å². The van der Waals surface area contributed by atoms with E-state index < -0.39 is 0 Å². The van der Waals surface area contributed by atoms with Gasteiger partial charge in [0, 0.05) is 5.56 Å². The van der Waals surface area contributed by atoms with Crippen molar-refractivity contribution in [2.75, 3.05) is 0 Å². The predicted octanol–water partition coefficient (Wildman–Crippen LogP) is 3.99. The Balaban J connectivity index is 2.27. The van der Waals surface area contributed by atoms with E-state index in [9.17, 15) is 0 Å². The quantitative estimate of drug-likeness (QED) is 0.662. The minimum Gasteiger partial charge on any atom is -0.232 e. The molecule has 2 nitrogen and oxygen atoms in total. The van der Waals surface area contributed by atoms with Crippen molar-refractivity contribution >= 4 is 10.9 Å². The number of benzene rings is 2. The van der Waals surface area contributed by atoms with Gasteiger partial charge in [-0.25, -0.2) is 4.57 Å². The first-order valence-corrected chi connectivity index (χ1v) is 7.54. The van der Waals surface area contributed by atoms with Gasteiger partial charge in [-0.15, -0.1) is 0 Å². The molecule has 0 atom stereocenters. The lowest BCUT2D eigenvalue weighted by molar-refractivity contribution is -0.662. The SMILES string of the molecule is CCCc1ccc2c(-c3ccccc3C)[n+](C)cnc2c1. The van der Waals surface area contributed by atoms with Crippen molar-refractivity contribution < 1.29 is 4.57 Å². The molecule has 0 fully saturated rings. The van der Waals surface area contributed by atoms with Gasteiger partial charge in [-0.3, -0.25) is 0 Å². The van der Waals surface area contributed by atoms with Gasteiger partial charge in [-0.1, -0.05) is 43.7 Å². The maximum absolute atomic E-state index is 4.60. The Labute approximate surface area is 126 Å². The van der Waals surface area contributed by atoms with E-state index in [1.54, 1.807) is 0 Å². The maximum Gasteiger partial charge on any atom is 0.287 e. The smallest absolute Gasteiger partial charge is 0.232 e. The zero-order valence-corrected chi connectivity index (χ0v) is 12.9. The van der Waals surface area contributed by atoms with Crippen molar-refractivity contribution in [2.24, 2.45) is 7.05 Å². The molecule has 0 aliphatic heterocycles. The Morgan fingerprint density at radius 3 is 2.67 bits per heavy atom. The molecule has 106 valence electrons. The third-order valence-corrected chi connectivity index (χ3v) is 3.98. The van der Waals surface area contributed by atoms with Gasteiger partial charge >= 0.3 is 0 Å². The standard InChI is InChI=1S/C19H21N2/c1-4-7-15-10-11-17-18(12-15)20-13-21(3)19(17)16-9-6-5-8-14(16)2/h5-6,8-13H,4,7H2,1-3H3/q+1. The summed E-state index contributed by atoms with van der Waals surface area (Å²) >= 11 is 0. The van der Waals surface area contributed by atoms with E-state index in [1.807, 2.05) is 6.33 Å². The van der Waals surface area contributed by atoms with Gasteiger partial charge in [0.2, 0.25) is 0 Å². The van der Waals surface area contributed by atoms with Crippen LogP contribution in [-0.2, 0) is 13.5 Å². The fraction of sp³-hybridized carbons (Fsp3) is 0.263. The van der Waals surface area contributed by atoms with Crippen molar-refractivity contribution in [1.29, 1.82) is 0 Å². The molecule has 3 aromatic rings. The fourth-order valence-corrected chi connectivity index (χ4v) is 2.90. The number of hydrogen-bond donors (Lipinski definition) is 0. The number of hydrogen-bond acceptors (Lipinski definition) is 1. The van der Waals surface area contributed by atoms with Crippen LogP contribution in [0.2, 0.25) is 0 Å². The fourth-order valence-electron chi connectivity index (χ4n) is 2.90. The largest absolute Gasteiger partial charge is 0.287 e. The second-order valence-electron chi connectivity index (χ2n) is 5.62. The van der Waals surface area contributed by atoms with Crippen LogP contribution in [0.1, 0.15) is 24.5 Å². The van der Waals surface area contributed by atoms with Gasteiger partial charge in [0.15, 0.2) is 5.52 Å². The summed E-state index contributed by atoms with van der Waals surface area (Å²) in [5.74, 6) is 0. The summed E-state index contributed by atoms with van der Waals surface area (Å²) in [5.41, 5.74) is 6.24. The third kappa shape index (κ3) is 2.54. The Bertz CT molecular complexity index is 791. The first-order valence-electron chi connectivity index (χ1n) is 7.54. The highest BCUT2D eigenvalue weighted by atomic mass is 15.0. The first-order chi connectivity index (χ1) is 10.2. The van der Waals surface area contributed by atoms with E-state index in [1.165, 1.54) is 27.8 Å². The van der Waals surface area contributed by atoms with E-state index >= 15 is 0 Å². The van der Waals surface area contributed by atoms with E-state index in [0.29, 0.717) is 0 Å². The normalized spacial score (nSPS) is 11.0. The Hall–Kier alpha value is -2.22. The lowest BCUT2D eigenvalue weighted by Crippen LogP contribution is -2.31. The zero-order valence-electron chi connectivity index (χ0n) is 12.9.